The van der Waals surface area contributed by atoms with Gasteiger partial charge in [0.15, 0.2) is 0 Å². The van der Waals surface area contributed by atoms with Crippen LogP contribution in [0.1, 0.15) is 43.0 Å². The van der Waals surface area contributed by atoms with E-state index >= 15 is 0 Å². The Hall–Kier alpha value is -2.75. The number of allylic oxidation sites excluding steroid dienone is 4. The van der Waals surface area contributed by atoms with Crippen molar-refractivity contribution in [2.45, 2.75) is 50.8 Å². The number of nitrogens with one attached hydrogen (secondary N) is 1. The summed E-state index contributed by atoms with van der Waals surface area (Å²) in [6.07, 6.45) is 7.54. The van der Waals surface area contributed by atoms with Crippen LogP contribution in [0.3, 0.4) is 0 Å². The molecule has 1 spiro atoms. The fraction of sp³-hybridized carbons (Fsp3) is 0.481. The third-order valence-electron chi connectivity index (χ3n) is 8.09. The summed E-state index contributed by atoms with van der Waals surface area (Å²) in [5, 5.41) is 12.7. The Morgan fingerprint density at radius 3 is 2.65 bits per heavy atom. The number of hydrogen-bond acceptors (Lipinski definition) is 5. The number of anilines is 1. The molecule has 2 saturated carbocycles. The molecule has 1 aromatic rings. The Labute approximate surface area is 206 Å². The summed E-state index contributed by atoms with van der Waals surface area (Å²) in [5.41, 5.74) is 2.36. The maximum absolute atomic E-state index is 13.5. The van der Waals surface area contributed by atoms with Crippen molar-refractivity contribution < 1.29 is 9.53 Å². The number of amides is 1. The van der Waals surface area contributed by atoms with Crippen LogP contribution in [0.25, 0.3) is 0 Å². The van der Waals surface area contributed by atoms with Gasteiger partial charge in [0.05, 0.1) is 10.6 Å². The monoisotopic (exact) mass is 478 g/mol. The van der Waals surface area contributed by atoms with E-state index in [-0.39, 0.29) is 34.1 Å². The van der Waals surface area contributed by atoms with E-state index < -0.39 is 0 Å². The number of benzene rings is 1. The first-order valence-electron chi connectivity index (χ1n) is 12.1. The predicted octanol–water partition coefficient (Wildman–Crippen LogP) is 4.35. The Kier molecular flexibility index (Phi) is 6.18. The van der Waals surface area contributed by atoms with Gasteiger partial charge < -0.3 is 19.9 Å². The molecule has 178 valence electrons. The van der Waals surface area contributed by atoms with Gasteiger partial charge >= 0.3 is 0 Å². The van der Waals surface area contributed by atoms with Crippen molar-refractivity contribution in [3.63, 3.8) is 0 Å². The molecule has 1 aromatic carbocycles. The lowest BCUT2D eigenvalue weighted by molar-refractivity contribution is -0.161. The van der Waals surface area contributed by atoms with Gasteiger partial charge in [0.25, 0.3) is 5.91 Å². The number of rotatable bonds is 6. The first kappa shape index (κ1) is 23.0. The molecule has 4 atom stereocenters. The highest BCUT2D eigenvalue weighted by Crippen LogP contribution is 2.66. The van der Waals surface area contributed by atoms with Gasteiger partial charge in [-0.3, -0.25) is 4.79 Å². The van der Waals surface area contributed by atoms with Crippen molar-refractivity contribution in [1.29, 1.82) is 5.26 Å². The second kappa shape index (κ2) is 9.13. The van der Waals surface area contributed by atoms with Gasteiger partial charge in [0.1, 0.15) is 17.9 Å². The standard InChI is InChI=1S/C27H31ClN4O2/c1-3-21(14-23(28)18(2)17-29)34-22-15-25-27(16-22)9-8-24(27)32(25)26(33)19-4-6-20(7-5-19)31-12-10-30-11-13-31/h3-7,14,22,24-25,30H,2,8-13,15-16H2,1H3/b21-3+,23-14+. The largest absolute Gasteiger partial charge is 0.491 e. The highest BCUT2D eigenvalue weighted by atomic mass is 35.5. The number of nitriles is 1. The van der Waals surface area contributed by atoms with Gasteiger partial charge in [-0.05, 0) is 62.6 Å². The van der Waals surface area contributed by atoms with Crippen LogP contribution >= 0.6 is 11.6 Å². The van der Waals surface area contributed by atoms with Crippen molar-refractivity contribution in [2.24, 2.45) is 5.41 Å². The lowest BCUT2D eigenvalue weighted by Crippen LogP contribution is -2.75. The number of carbonyl (C=O) groups excluding carboxylic acids is 1. The number of likely N-dealkylation sites (tertiary alicyclic amines) is 1. The molecule has 2 heterocycles. The average Bonchev–Trinajstić information content (AvgIpc) is 3.24. The molecule has 0 bridgehead atoms. The van der Waals surface area contributed by atoms with Crippen LogP contribution in [-0.4, -0.2) is 55.2 Å². The van der Waals surface area contributed by atoms with Gasteiger partial charge in [0, 0.05) is 61.3 Å². The number of ether oxygens (including phenoxy) is 1. The maximum Gasteiger partial charge on any atom is 0.254 e. The molecule has 4 aliphatic rings. The molecule has 1 N–H and O–H groups in total. The molecule has 4 unspecified atom stereocenters. The van der Waals surface area contributed by atoms with Crippen LogP contribution in [0, 0.1) is 16.7 Å². The van der Waals surface area contributed by atoms with Gasteiger partial charge in [-0.15, -0.1) is 0 Å². The molecule has 2 aliphatic heterocycles. The number of nitrogens with zero attached hydrogens (tertiary/aromatic N) is 3. The topological polar surface area (TPSA) is 68.6 Å². The smallest absolute Gasteiger partial charge is 0.254 e. The van der Waals surface area contributed by atoms with E-state index in [0.29, 0.717) is 11.8 Å². The molecule has 4 fully saturated rings. The number of hydrogen-bond donors (Lipinski definition) is 1. The van der Waals surface area contributed by atoms with Crippen LogP contribution in [0.2, 0.25) is 0 Å². The van der Waals surface area contributed by atoms with Crippen molar-refractivity contribution in [2.75, 3.05) is 31.1 Å². The fourth-order valence-electron chi connectivity index (χ4n) is 6.24. The minimum absolute atomic E-state index is 0.0305. The molecule has 2 aliphatic carbocycles. The number of piperazine rings is 1. The van der Waals surface area contributed by atoms with Crippen molar-refractivity contribution in [1.82, 2.24) is 10.2 Å². The molecule has 2 saturated heterocycles. The number of piperidine rings is 1. The Balaban J connectivity index is 1.25. The molecule has 5 rings (SSSR count). The summed E-state index contributed by atoms with van der Waals surface area (Å²) in [4.78, 5) is 17.9. The van der Waals surface area contributed by atoms with Crippen LogP contribution in [0.15, 0.2) is 59.4 Å². The van der Waals surface area contributed by atoms with Gasteiger partial charge in [-0.2, -0.15) is 5.26 Å². The quantitative estimate of drug-likeness (QED) is 0.374. The predicted molar refractivity (Wildman–Crippen MR) is 133 cm³/mol. The molecule has 0 aromatic heterocycles. The average molecular weight is 479 g/mol. The lowest BCUT2D eigenvalue weighted by atomic mass is 9.53. The Bertz CT molecular complexity index is 1080. The molecule has 0 radical (unpaired) electrons. The zero-order valence-electron chi connectivity index (χ0n) is 19.6. The Morgan fingerprint density at radius 2 is 2.03 bits per heavy atom. The van der Waals surface area contributed by atoms with E-state index in [1.54, 1.807) is 6.08 Å². The zero-order chi connectivity index (χ0) is 23.9. The summed E-state index contributed by atoms with van der Waals surface area (Å²) in [6.45, 7) is 9.51. The zero-order valence-corrected chi connectivity index (χ0v) is 20.4. The summed E-state index contributed by atoms with van der Waals surface area (Å²) in [7, 11) is 0. The van der Waals surface area contributed by atoms with E-state index in [1.165, 1.54) is 5.69 Å². The van der Waals surface area contributed by atoms with E-state index in [1.807, 2.05) is 31.2 Å². The van der Waals surface area contributed by atoms with Gasteiger partial charge in [0.2, 0.25) is 0 Å². The normalized spacial score (nSPS) is 30.4. The maximum atomic E-state index is 13.5. The fourth-order valence-corrected chi connectivity index (χ4v) is 6.39. The van der Waals surface area contributed by atoms with E-state index in [0.717, 1.165) is 57.4 Å². The summed E-state index contributed by atoms with van der Waals surface area (Å²) < 4.78 is 6.27. The van der Waals surface area contributed by atoms with E-state index in [2.05, 4.69) is 33.8 Å². The molecule has 34 heavy (non-hydrogen) atoms. The second-order valence-corrected chi connectivity index (χ2v) is 10.2. The first-order chi connectivity index (χ1) is 16.5. The SMILES string of the molecule is C=C(C#N)/C(Cl)=C\C(=C/C)OC1CC2N(C(=O)c3ccc(N4CCNCC4)cc3)C3CCC32C1. The third kappa shape index (κ3) is 3.81. The summed E-state index contributed by atoms with van der Waals surface area (Å²) in [5.74, 6) is 0.777. The molecule has 1 amide bonds. The Morgan fingerprint density at radius 1 is 1.29 bits per heavy atom. The summed E-state index contributed by atoms with van der Waals surface area (Å²) >= 11 is 6.17. The van der Waals surface area contributed by atoms with Crippen LogP contribution in [0.4, 0.5) is 5.69 Å². The highest BCUT2D eigenvalue weighted by molar-refractivity contribution is 6.32. The molecule has 7 heteroatoms. The molecular weight excluding hydrogens is 448 g/mol. The van der Waals surface area contributed by atoms with Gasteiger partial charge in [-0.25, -0.2) is 0 Å². The van der Waals surface area contributed by atoms with Crippen LogP contribution < -0.4 is 10.2 Å². The minimum atomic E-state index is 0.0305. The van der Waals surface area contributed by atoms with Crippen molar-refractivity contribution in [3.8, 4) is 6.07 Å². The van der Waals surface area contributed by atoms with Crippen LogP contribution in [0.5, 0.6) is 0 Å². The van der Waals surface area contributed by atoms with Crippen molar-refractivity contribution >= 4 is 23.2 Å². The first-order valence-corrected chi connectivity index (χ1v) is 12.5. The third-order valence-corrected chi connectivity index (χ3v) is 8.42. The number of carbonyl (C=O) groups is 1. The van der Waals surface area contributed by atoms with E-state index in [4.69, 9.17) is 21.6 Å². The molecular formula is C27H31ClN4O2. The molecule has 6 nitrogen and oxygen atoms in total. The van der Waals surface area contributed by atoms with E-state index in [9.17, 15) is 4.79 Å². The highest BCUT2D eigenvalue weighted by Gasteiger charge is 2.71. The van der Waals surface area contributed by atoms with Gasteiger partial charge in [-0.1, -0.05) is 18.2 Å². The van der Waals surface area contributed by atoms with Crippen molar-refractivity contribution in [3.05, 3.63) is 64.9 Å². The lowest BCUT2D eigenvalue weighted by Gasteiger charge is -2.68. The number of halogens is 1. The second-order valence-electron chi connectivity index (χ2n) is 9.75. The summed E-state index contributed by atoms with van der Waals surface area (Å²) in [6, 6.07) is 10.6. The minimum Gasteiger partial charge on any atom is -0.491 e. The van der Waals surface area contributed by atoms with Crippen LogP contribution in [-0.2, 0) is 4.74 Å².